The Balaban J connectivity index is 1.32. The van der Waals surface area contributed by atoms with Gasteiger partial charge in [0.2, 0.25) is 10.0 Å². The van der Waals surface area contributed by atoms with Gasteiger partial charge in [0.25, 0.3) is 0 Å². The Labute approximate surface area is 331 Å². The summed E-state index contributed by atoms with van der Waals surface area (Å²) in [5.41, 5.74) is 5.80. The molecular formula is C47H64N2O5S. The second-order valence-corrected chi connectivity index (χ2v) is 16.9. The molecule has 4 aromatic carbocycles. The maximum absolute atomic E-state index is 12.9. The summed E-state index contributed by atoms with van der Waals surface area (Å²) in [6.07, 6.45) is 15.5. The molecule has 5 rings (SSSR count). The van der Waals surface area contributed by atoms with E-state index in [1.807, 2.05) is 42.5 Å². The number of benzene rings is 4. The van der Waals surface area contributed by atoms with E-state index < -0.39 is 16.3 Å². The molecule has 298 valence electrons. The molecule has 0 radical (unpaired) electrons. The fourth-order valence-corrected chi connectivity index (χ4v) is 8.47. The molecule has 0 spiro atoms. The second kappa shape index (κ2) is 23.0. The first kappa shape index (κ1) is 42.8. The van der Waals surface area contributed by atoms with E-state index in [9.17, 15) is 13.5 Å². The van der Waals surface area contributed by atoms with E-state index >= 15 is 0 Å². The van der Waals surface area contributed by atoms with Gasteiger partial charge in [-0.2, -0.15) is 0 Å². The minimum Gasteiger partial charge on any atom is -0.392 e. The first-order chi connectivity index (χ1) is 26.9. The van der Waals surface area contributed by atoms with Crippen molar-refractivity contribution in [2.75, 3.05) is 19.6 Å². The highest BCUT2D eigenvalue weighted by molar-refractivity contribution is 7.89. The topological polar surface area (TPSA) is 88.1 Å². The molecule has 1 aliphatic rings. The summed E-state index contributed by atoms with van der Waals surface area (Å²) < 4.78 is 42.1. The highest BCUT2D eigenvalue weighted by Gasteiger charge is 2.33. The molecule has 4 aromatic rings. The lowest BCUT2D eigenvalue weighted by molar-refractivity contribution is -0.253. The van der Waals surface area contributed by atoms with Crippen LogP contribution in [-0.4, -0.2) is 44.2 Å². The average molecular weight is 769 g/mol. The third kappa shape index (κ3) is 14.0. The van der Waals surface area contributed by atoms with Crippen molar-refractivity contribution < 1.29 is 23.0 Å². The highest BCUT2D eigenvalue weighted by atomic mass is 32.2. The minimum absolute atomic E-state index is 0.00827. The summed E-state index contributed by atoms with van der Waals surface area (Å²) in [5, 5.41) is 9.70. The number of unbranched alkanes of at least 4 members (excludes halogenated alkanes) is 10. The van der Waals surface area contributed by atoms with Crippen molar-refractivity contribution in [3.8, 4) is 11.1 Å². The Morgan fingerprint density at radius 1 is 0.655 bits per heavy atom. The lowest BCUT2D eigenvalue weighted by Crippen LogP contribution is -2.40. The van der Waals surface area contributed by atoms with Crippen LogP contribution in [0.5, 0.6) is 0 Å². The minimum atomic E-state index is -3.62. The Morgan fingerprint density at radius 3 is 1.93 bits per heavy atom. The quantitative estimate of drug-likeness (QED) is 0.0690. The van der Waals surface area contributed by atoms with E-state index in [1.54, 1.807) is 30.3 Å². The summed E-state index contributed by atoms with van der Waals surface area (Å²) >= 11 is 0. The third-order valence-corrected chi connectivity index (χ3v) is 12.1. The molecular weight excluding hydrogens is 705 g/mol. The third-order valence-electron chi connectivity index (χ3n) is 10.7. The molecule has 55 heavy (non-hydrogen) atoms. The molecule has 1 aliphatic heterocycles. The Bertz CT molecular complexity index is 1770. The predicted octanol–water partition coefficient (Wildman–Crippen LogP) is 10.9. The van der Waals surface area contributed by atoms with Crippen LogP contribution >= 0.6 is 0 Å². The van der Waals surface area contributed by atoms with Gasteiger partial charge >= 0.3 is 0 Å². The van der Waals surface area contributed by atoms with Crippen LogP contribution in [0.3, 0.4) is 0 Å². The second-order valence-electron chi connectivity index (χ2n) is 15.1. The summed E-state index contributed by atoms with van der Waals surface area (Å²) in [7, 11) is -3.62. The van der Waals surface area contributed by atoms with E-state index in [2.05, 4.69) is 53.8 Å². The summed E-state index contributed by atoms with van der Waals surface area (Å²) in [6.45, 7) is 7.80. The molecule has 0 bridgehead atoms. The predicted molar refractivity (Wildman–Crippen MR) is 224 cm³/mol. The van der Waals surface area contributed by atoms with Crippen LogP contribution in [0.25, 0.3) is 11.1 Å². The van der Waals surface area contributed by atoms with Gasteiger partial charge < -0.3 is 19.5 Å². The van der Waals surface area contributed by atoms with Crippen molar-refractivity contribution in [2.24, 2.45) is 0 Å². The molecule has 1 heterocycles. The van der Waals surface area contributed by atoms with Gasteiger partial charge in [-0.15, -0.1) is 0 Å². The largest absolute Gasteiger partial charge is 0.392 e. The van der Waals surface area contributed by atoms with E-state index in [-0.39, 0.29) is 30.3 Å². The number of nitrogens with one attached hydrogen (secondary N) is 1. The molecule has 0 aromatic heterocycles. The standard InChI is InChI=1S/C47H64N2O5S/c1-3-5-7-9-11-16-30-49(31-17-12-10-8-6-4-2)36-44-34-46(40-28-26-38(37-50)27-29-40)54-47(53-44)43-23-19-22-42(33-43)41-21-18-20-39(32-41)35-48-55(51,52)45-24-14-13-15-25-45/h13-15,18-29,32-33,44,46-48,50H,3-12,16-17,30-31,34-37H2,1-2H3. The van der Waals surface area contributed by atoms with E-state index in [0.29, 0.717) is 0 Å². The molecule has 3 atom stereocenters. The van der Waals surface area contributed by atoms with Gasteiger partial charge in [0.15, 0.2) is 6.29 Å². The fraction of sp³-hybridized carbons (Fsp3) is 0.489. The van der Waals surface area contributed by atoms with E-state index in [1.165, 1.54) is 77.0 Å². The number of aliphatic hydroxyl groups excluding tert-OH is 1. The van der Waals surface area contributed by atoms with Crippen LogP contribution in [-0.2, 0) is 32.6 Å². The van der Waals surface area contributed by atoms with Crippen LogP contribution < -0.4 is 4.72 Å². The van der Waals surface area contributed by atoms with Gasteiger partial charge in [0.1, 0.15) is 0 Å². The van der Waals surface area contributed by atoms with Gasteiger partial charge in [0.05, 0.1) is 23.7 Å². The van der Waals surface area contributed by atoms with Crippen LogP contribution in [0, 0.1) is 0 Å². The van der Waals surface area contributed by atoms with Gasteiger partial charge in [-0.1, -0.05) is 157 Å². The maximum Gasteiger partial charge on any atom is 0.240 e. The monoisotopic (exact) mass is 768 g/mol. The van der Waals surface area contributed by atoms with Crippen LogP contribution in [0.2, 0.25) is 0 Å². The Hall–Kier alpha value is -3.37. The van der Waals surface area contributed by atoms with Crippen LogP contribution in [0.4, 0.5) is 0 Å². The number of nitrogens with zero attached hydrogens (tertiary/aromatic N) is 1. The molecule has 7 nitrogen and oxygen atoms in total. The van der Waals surface area contributed by atoms with Crippen LogP contribution in [0.1, 0.15) is 132 Å². The van der Waals surface area contributed by atoms with Gasteiger partial charge in [-0.05, 0) is 78.0 Å². The van der Waals surface area contributed by atoms with Crippen molar-refractivity contribution in [3.05, 3.63) is 125 Å². The molecule has 8 heteroatoms. The van der Waals surface area contributed by atoms with E-state index in [0.717, 1.165) is 59.4 Å². The van der Waals surface area contributed by atoms with Gasteiger partial charge in [-0.25, -0.2) is 13.1 Å². The molecule has 0 aliphatic carbocycles. The summed E-state index contributed by atoms with van der Waals surface area (Å²) in [4.78, 5) is 2.90. The first-order valence-electron chi connectivity index (χ1n) is 20.9. The Morgan fingerprint density at radius 2 is 1.27 bits per heavy atom. The molecule has 1 saturated heterocycles. The molecule has 2 N–H and O–H groups in total. The van der Waals surface area contributed by atoms with Crippen molar-refractivity contribution in [1.82, 2.24) is 9.62 Å². The van der Waals surface area contributed by atoms with Crippen molar-refractivity contribution in [2.45, 2.75) is 134 Å². The molecule has 1 fully saturated rings. The van der Waals surface area contributed by atoms with Gasteiger partial charge in [0, 0.05) is 25.1 Å². The number of rotatable bonds is 24. The fourth-order valence-electron chi connectivity index (χ4n) is 7.43. The Kier molecular flexibility index (Phi) is 17.9. The molecule has 3 unspecified atom stereocenters. The maximum atomic E-state index is 12.9. The lowest BCUT2D eigenvalue weighted by atomic mass is 9.98. The highest BCUT2D eigenvalue weighted by Crippen LogP contribution is 2.39. The van der Waals surface area contributed by atoms with Crippen LogP contribution in [0.15, 0.2) is 108 Å². The zero-order valence-corrected chi connectivity index (χ0v) is 34.0. The van der Waals surface area contributed by atoms with Crippen molar-refractivity contribution in [1.29, 1.82) is 0 Å². The number of sulfonamides is 1. The number of hydrogen-bond donors (Lipinski definition) is 2. The normalized spacial score (nSPS) is 17.5. The smallest absolute Gasteiger partial charge is 0.240 e. The number of ether oxygens (including phenoxy) is 2. The van der Waals surface area contributed by atoms with Gasteiger partial charge in [-0.3, -0.25) is 0 Å². The molecule has 0 saturated carbocycles. The SMILES string of the molecule is CCCCCCCCN(CCCCCCCC)CC1CC(c2ccc(CO)cc2)OC(c2cccc(-c3cccc(CNS(=O)(=O)c4ccccc4)c3)c2)O1. The first-order valence-corrected chi connectivity index (χ1v) is 22.3. The molecule has 0 amide bonds. The van der Waals surface area contributed by atoms with Crippen molar-refractivity contribution >= 4 is 10.0 Å². The summed E-state index contributed by atoms with van der Waals surface area (Å²) in [6, 6.07) is 32.9. The number of hydrogen-bond acceptors (Lipinski definition) is 6. The summed E-state index contributed by atoms with van der Waals surface area (Å²) in [5.74, 6) is 0. The number of aliphatic hydroxyl groups is 1. The van der Waals surface area contributed by atoms with Crippen molar-refractivity contribution in [3.63, 3.8) is 0 Å². The average Bonchev–Trinajstić information content (AvgIpc) is 3.23. The zero-order chi connectivity index (χ0) is 38.7. The lowest BCUT2D eigenvalue weighted by Gasteiger charge is -2.38. The zero-order valence-electron chi connectivity index (χ0n) is 33.2. The van der Waals surface area contributed by atoms with E-state index in [4.69, 9.17) is 9.47 Å².